The van der Waals surface area contributed by atoms with Gasteiger partial charge in [-0.05, 0) is 6.07 Å². The number of morpholine rings is 1. The molecule has 0 saturated carbocycles. The lowest BCUT2D eigenvalue weighted by molar-refractivity contribution is 0.0282. The third-order valence-electron chi connectivity index (χ3n) is 3.36. The van der Waals surface area contributed by atoms with E-state index in [0.29, 0.717) is 18.0 Å². The van der Waals surface area contributed by atoms with Gasteiger partial charge in [-0.2, -0.15) is 0 Å². The molecule has 0 spiro atoms. The molecule has 3 heterocycles. The molecule has 1 fully saturated rings. The molecule has 0 bridgehead atoms. The molecule has 0 aliphatic carbocycles. The molecular weight excluding hydrogens is 290 g/mol. The maximum absolute atomic E-state index is 12.3. The number of aliphatic hydroxyl groups is 1. The summed E-state index contributed by atoms with van der Waals surface area (Å²) in [6.07, 6.45) is 1.57. The molecular formula is C14H17N3O3S. The summed E-state index contributed by atoms with van der Waals surface area (Å²) >= 11 is 1.36. The molecule has 0 radical (unpaired) electrons. The minimum atomic E-state index is -0.184. The predicted octanol–water partition coefficient (Wildman–Crippen LogP) is 0.679. The van der Waals surface area contributed by atoms with Gasteiger partial charge in [0.1, 0.15) is 9.71 Å². The fourth-order valence-electron chi connectivity index (χ4n) is 2.44. The number of amides is 1. The molecule has 112 valence electrons. The second-order valence-electron chi connectivity index (χ2n) is 4.74. The molecule has 6 nitrogen and oxygen atoms in total. The molecule has 3 rings (SSSR count). The van der Waals surface area contributed by atoms with Crippen LogP contribution in [0, 0.1) is 0 Å². The van der Waals surface area contributed by atoms with Crippen LogP contribution in [0.1, 0.15) is 21.3 Å². The Morgan fingerprint density at radius 3 is 3.29 bits per heavy atom. The number of fused-ring (bicyclic) bond motifs is 1. The van der Waals surface area contributed by atoms with Crippen molar-refractivity contribution in [3.8, 4) is 0 Å². The molecule has 1 aliphatic heterocycles. The van der Waals surface area contributed by atoms with Gasteiger partial charge in [0, 0.05) is 36.8 Å². The number of aromatic nitrogens is 1. The maximum Gasteiger partial charge on any atom is 0.261 e. The fraction of sp³-hybridized carbons (Fsp3) is 0.429. The summed E-state index contributed by atoms with van der Waals surface area (Å²) in [5.74, 6) is -0.184. The van der Waals surface area contributed by atoms with Crippen molar-refractivity contribution in [2.24, 2.45) is 0 Å². The molecule has 1 atom stereocenters. The Balaban J connectivity index is 2.02. The van der Waals surface area contributed by atoms with Gasteiger partial charge in [0.05, 0.1) is 19.3 Å². The highest BCUT2D eigenvalue weighted by Gasteiger charge is 2.27. The minimum Gasteiger partial charge on any atom is -0.395 e. The van der Waals surface area contributed by atoms with E-state index in [1.807, 2.05) is 12.1 Å². The van der Waals surface area contributed by atoms with Gasteiger partial charge in [-0.25, -0.2) is 4.98 Å². The van der Waals surface area contributed by atoms with Crippen LogP contribution in [0.25, 0.3) is 10.2 Å². The Morgan fingerprint density at radius 2 is 2.52 bits per heavy atom. The Morgan fingerprint density at radius 1 is 1.62 bits per heavy atom. The van der Waals surface area contributed by atoms with Gasteiger partial charge in [-0.15, -0.1) is 11.3 Å². The highest BCUT2D eigenvalue weighted by molar-refractivity contribution is 7.20. The standard InChI is InChI=1S/C14H17N3O3S/c18-6-4-16-13(19)12-11(10-8-15-5-7-20-10)9-2-1-3-17-14(9)21-12/h1-3,10,15,18H,4-8H2,(H,16,19)/t10-/m0/s1. The smallest absolute Gasteiger partial charge is 0.261 e. The summed E-state index contributed by atoms with van der Waals surface area (Å²) in [6.45, 7) is 2.29. The fourth-order valence-corrected chi connectivity index (χ4v) is 3.55. The van der Waals surface area contributed by atoms with Gasteiger partial charge in [-0.3, -0.25) is 4.79 Å². The highest BCUT2D eigenvalue weighted by atomic mass is 32.1. The molecule has 2 aromatic rings. The number of rotatable bonds is 4. The molecule has 1 amide bonds. The summed E-state index contributed by atoms with van der Waals surface area (Å²) in [5, 5.41) is 15.8. The van der Waals surface area contributed by atoms with Crippen molar-refractivity contribution >= 4 is 27.5 Å². The lowest BCUT2D eigenvalue weighted by Gasteiger charge is -2.24. The molecule has 0 aromatic carbocycles. The van der Waals surface area contributed by atoms with Crippen molar-refractivity contribution in [3.63, 3.8) is 0 Å². The lowest BCUT2D eigenvalue weighted by atomic mass is 10.0. The van der Waals surface area contributed by atoms with Crippen molar-refractivity contribution in [1.29, 1.82) is 0 Å². The first-order valence-corrected chi connectivity index (χ1v) is 7.71. The van der Waals surface area contributed by atoms with E-state index in [2.05, 4.69) is 15.6 Å². The van der Waals surface area contributed by atoms with E-state index < -0.39 is 0 Å². The Hall–Kier alpha value is -1.54. The molecule has 1 saturated heterocycles. The number of hydrogen-bond acceptors (Lipinski definition) is 6. The van der Waals surface area contributed by atoms with E-state index in [1.54, 1.807) is 6.20 Å². The predicted molar refractivity (Wildman–Crippen MR) is 80.6 cm³/mol. The van der Waals surface area contributed by atoms with E-state index in [-0.39, 0.29) is 25.2 Å². The number of aliphatic hydroxyl groups excluding tert-OH is 1. The van der Waals surface area contributed by atoms with Crippen LogP contribution in [0.15, 0.2) is 18.3 Å². The Labute approximate surface area is 126 Å². The zero-order chi connectivity index (χ0) is 14.7. The van der Waals surface area contributed by atoms with Crippen LogP contribution in [0.5, 0.6) is 0 Å². The van der Waals surface area contributed by atoms with Crippen molar-refractivity contribution in [1.82, 2.24) is 15.6 Å². The topological polar surface area (TPSA) is 83.5 Å². The van der Waals surface area contributed by atoms with Gasteiger partial charge >= 0.3 is 0 Å². The number of carbonyl (C=O) groups is 1. The molecule has 1 aliphatic rings. The van der Waals surface area contributed by atoms with Crippen molar-refractivity contribution < 1.29 is 14.6 Å². The number of nitrogens with one attached hydrogen (secondary N) is 2. The number of pyridine rings is 1. The number of carbonyl (C=O) groups excluding carboxylic acids is 1. The second kappa shape index (κ2) is 6.48. The quantitative estimate of drug-likeness (QED) is 0.773. The summed E-state index contributed by atoms with van der Waals surface area (Å²) in [5.41, 5.74) is 0.894. The SMILES string of the molecule is O=C(NCCO)c1sc2ncccc2c1[C@@H]1CNCCO1. The van der Waals surface area contributed by atoms with Crippen LogP contribution >= 0.6 is 11.3 Å². The number of thiophene rings is 1. The van der Waals surface area contributed by atoms with Crippen LogP contribution in [0.3, 0.4) is 0 Å². The van der Waals surface area contributed by atoms with Gasteiger partial charge in [0.25, 0.3) is 5.91 Å². The summed E-state index contributed by atoms with van der Waals surface area (Å²) in [4.78, 5) is 18.1. The van der Waals surface area contributed by atoms with Crippen LogP contribution in [0.4, 0.5) is 0 Å². The summed E-state index contributed by atoms with van der Waals surface area (Å²) < 4.78 is 5.81. The molecule has 7 heteroatoms. The third-order valence-corrected chi connectivity index (χ3v) is 4.49. The Bertz CT molecular complexity index is 637. The number of nitrogens with zero attached hydrogens (tertiary/aromatic N) is 1. The van der Waals surface area contributed by atoms with Crippen LogP contribution in [-0.2, 0) is 4.74 Å². The van der Waals surface area contributed by atoms with Crippen molar-refractivity contribution in [2.45, 2.75) is 6.10 Å². The molecule has 21 heavy (non-hydrogen) atoms. The van der Waals surface area contributed by atoms with Crippen molar-refractivity contribution in [2.75, 3.05) is 32.8 Å². The van der Waals surface area contributed by atoms with Crippen molar-refractivity contribution in [3.05, 3.63) is 28.8 Å². The van der Waals surface area contributed by atoms with Gasteiger partial charge in [0.2, 0.25) is 0 Å². The first kappa shape index (κ1) is 14.4. The van der Waals surface area contributed by atoms with E-state index in [4.69, 9.17) is 9.84 Å². The van der Waals surface area contributed by atoms with E-state index in [0.717, 1.165) is 22.3 Å². The highest BCUT2D eigenvalue weighted by Crippen LogP contribution is 2.36. The zero-order valence-corrected chi connectivity index (χ0v) is 12.3. The van der Waals surface area contributed by atoms with Crippen LogP contribution < -0.4 is 10.6 Å². The molecule has 0 unspecified atom stereocenters. The summed E-state index contributed by atoms with van der Waals surface area (Å²) in [7, 11) is 0. The first-order valence-electron chi connectivity index (χ1n) is 6.90. The average molecular weight is 307 g/mol. The van der Waals surface area contributed by atoms with Gasteiger partial charge in [-0.1, -0.05) is 6.07 Å². The average Bonchev–Trinajstić information content (AvgIpc) is 2.93. The maximum atomic E-state index is 12.3. The normalized spacial score (nSPS) is 18.8. The molecule has 2 aromatic heterocycles. The number of ether oxygens (including phenoxy) is 1. The monoisotopic (exact) mass is 307 g/mol. The second-order valence-corrected chi connectivity index (χ2v) is 5.74. The zero-order valence-electron chi connectivity index (χ0n) is 11.5. The van der Waals surface area contributed by atoms with Crippen LogP contribution in [-0.4, -0.2) is 48.8 Å². The van der Waals surface area contributed by atoms with Gasteiger partial charge < -0.3 is 20.5 Å². The summed E-state index contributed by atoms with van der Waals surface area (Å²) in [6, 6.07) is 3.83. The van der Waals surface area contributed by atoms with E-state index in [9.17, 15) is 4.79 Å². The number of hydrogen-bond donors (Lipinski definition) is 3. The largest absolute Gasteiger partial charge is 0.395 e. The minimum absolute atomic E-state index is 0.0777. The van der Waals surface area contributed by atoms with E-state index in [1.165, 1.54) is 11.3 Å². The molecule has 3 N–H and O–H groups in total. The van der Waals surface area contributed by atoms with Crippen LogP contribution in [0.2, 0.25) is 0 Å². The first-order chi connectivity index (χ1) is 10.3. The Kier molecular flexibility index (Phi) is 4.45. The lowest BCUT2D eigenvalue weighted by Crippen LogP contribution is -2.34. The van der Waals surface area contributed by atoms with E-state index >= 15 is 0 Å². The third kappa shape index (κ3) is 2.91. The van der Waals surface area contributed by atoms with Gasteiger partial charge in [0.15, 0.2) is 0 Å².